The summed E-state index contributed by atoms with van der Waals surface area (Å²) in [5.41, 5.74) is 2.88. The monoisotopic (exact) mass is 542 g/mol. The first kappa shape index (κ1) is 32.2. The molecule has 0 N–H and O–H groups in total. The van der Waals surface area contributed by atoms with Crippen LogP contribution in [0.4, 0.5) is 0 Å². The second kappa shape index (κ2) is 21.4. The minimum absolute atomic E-state index is 0.485. The molecule has 2 aromatic carbocycles. The van der Waals surface area contributed by atoms with Crippen LogP contribution < -0.4 is 0 Å². The number of unbranched alkanes of at least 4 members (excludes halogenated alkanes) is 16. The van der Waals surface area contributed by atoms with Crippen molar-refractivity contribution in [2.75, 3.05) is 0 Å². The third-order valence-corrected chi connectivity index (χ3v) is 8.74. The number of aromatic nitrogens is 2. The maximum absolute atomic E-state index is 4.43. The van der Waals surface area contributed by atoms with E-state index in [2.05, 4.69) is 83.3 Å². The highest BCUT2D eigenvalue weighted by Gasteiger charge is 2.23. The molecule has 3 aromatic rings. The van der Waals surface area contributed by atoms with E-state index in [0.29, 0.717) is 12.0 Å². The van der Waals surface area contributed by atoms with Crippen molar-refractivity contribution in [1.29, 1.82) is 0 Å². The third-order valence-electron chi connectivity index (χ3n) is 8.74. The Morgan fingerprint density at radius 2 is 0.975 bits per heavy atom. The molecule has 0 aliphatic rings. The summed E-state index contributed by atoms with van der Waals surface area (Å²) in [4.78, 5) is 4.43. The fourth-order valence-corrected chi connectivity index (χ4v) is 6.35. The summed E-state index contributed by atoms with van der Waals surface area (Å²) in [6.45, 7) is 2.30. The van der Waals surface area contributed by atoms with E-state index >= 15 is 0 Å². The maximum atomic E-state index is 4.43. The van der Waals surface area contributed by atoms with E-state index in [1.54, 1.807) is 0 Å². The van der Waals surface area contributed by atoms with Gasteiger partial charge < -0.3 is 4.57 Å². The van der Waals surface area contributed by atoms with Crippen molar-refractivity contribution < 1.29 is 0 Å². The van der Waals surface area contributed by atoms with E-state index < -0.39 is 0 Å². The van der Waals surface area contributed by atoms with Gasteiger partial charge in [0.25, 0.3) is 0 Å². The molecule has 0 aliphatic carbocycles. The predicted molar refractivity (Wildman–Crippen MR) is 174 cm³/mol. The lowest BCUT2D eigenvalue weighted by Gasteiger charge is -2.29. The van der Waals surface area contributed by atoms with Crippen LogP contribution in [-0.2, 0) is 12.8 Å². The Morgan fingerprint density at radius 1 is 0.550 bits per heavy atom. The summed E-state index contributed by atoms with van der Waals surface area (Å²) in [6, 6.07) is 22.6. The highest BCUT2D eigenvalue weighted by Crippen LogP contribution is 2.31. The van der Waals surface area contributed by atoms with Crippen molar-refractivity contribution in [2.24, 2.45) is 5.92 Å². The SMILES string of the molecule is CCCCCCCCCCCCCCCCCCCC(C(Cc1ccccc1)Cc1ccccc1)n1ccnc1. The molecule has 0 radical (unpaired) electrons. The van der Waals surface area contributed by atoms with Crippen LogP contribution in [0.1, 0.15) is 140 Å². The van der Waals surface area contributed by atoms with Crippen molar-refractivity contribution in [3.63, 3.8) is 0 Å². The smallest absolute Gasteiger partial charge is 0.0948 e. The van der Waals surface area contributed by atoms with Gasteiger partial charge in [0.1, 0.15) is 0 Å². The highest BCUT2D eigenvalue weighted by atomic mass is 15.1. The van der Waals surface area contributed by atoms with Crippen LogP contribution >= 0.6 is 0 Å². The van der Waals surface area contributed by atoms with Crippen LogP contribution in [0.3, 0.4) is 0 Å². The molecule has 0 bridgehead atoms. The average Bonchev–Trinajstić information content (AvgIpc) is 3.52. The molecule has 3 rings (SSSR count). The van der Waals surface area contributed by atoms with Crippen LogP contribution in [0.5, 0.6) is 0 Å². The third kappa shape index (κ3) is 13.8. The lowest BCUT2D eigenvalue weighted by molar-refractivity contribution is 0.295. The van der Waals surface area contributed by atoms with Gasteiger partial charge in [-0.25, -0.2) is 4.98 Å². The summed E-state index contributed by atoms with van der Waals surface area (Å²) in [5.74, 6) is 0.556. The van der Waals surface area contributed by atoms with Crippen molar-refractivity contribution in [3.8, 4) is 0 Å². The van der Waals surface area contributed by atoms with Crippen LogP contribution in [0.15, 0.2) is 79.4 Å². The van der Waals surface area contributed by atoms with Crippen LogP contribution in [0.25, 0.3) is 0 Å². The Kier molecular flexibility index (Phi) is 17.2. The Hall–Kier alpha value is -2.35. The van der Waals surface area contributed by atoms with Crippen LogP contribution in [0, 0.1) is 5.92 Å². The van der Waals surface area contributed by atoms with Gasteiger partial charge in [-0.05, 0) is 36.3 Å². The molecule has 1 atom stereocenters. The molecule has 0 spiro atoms. The molecule has 1 heterocycles. The second-order valence-corrected chi connectivity index (χ2v) is 12.2. The van der Waals surface area contributed by atoms with E-state index in [-0.39, 0.29) is 0 Å². The Balaban J connectivity index is 1.32. The van der Waals surface area contributed by atoms with E-state index in [9.17, 15) is 0 Å². The number of hydrogen-bond acceptors (Lipinski definition) is 1. The fourth-order valence-electron chi connectivity index (χ4n) is 6.35. The highest BCUT2D eigenvalue weighted by molar-refractivity contribution is 5.19. The van der Waals surface area contributed by atoms with Gasteiger partial charge in [0.2, 0.25) is 0 Å². The van der Waals surface area contributed by atoms with E-state index in [1.165, 1.54) is 127 Å². The largest absolute Gasteiger partial charge is 0.334 e. The van der Waals surface area contributed by atoms with Gasteiger partial charge in [-0.15, -0.1) is 0 Å². The minimum atomic E-state index is 0.485. The first-order valence-corrected chi connectivity index (χ1v) is 16.9. The van der Waals surface area contributed by atoms with Crippen molar-refractivity contribution in [2.45, 2.75) is 141 Å². The molecule has 0 saturated carbocycles. The standard InChI is InChI=1S/C38H58N2/c1-2-3-4-5-6-7-8-9-10-11-12-13-14-15-16-17-24-29-38(40-31-30-39-34-40)37(32-35-25-20-18-21-26-35)33-36-27-22-19-23-28-36/h18-23,25-28,30-31,34,37-38H,2-17,24,29,32-33H2,1H3. The van der Waals surface area contributed by atoms with E-state index in [0.717, 1.165) is 12.8 Å². The normalized spacial score (nSPS) is 12.2. The van der Waals surface area contributed by atoms with Gasteiger partial charge in [0.05, 0.1) is 6.33 Å². The molecule has 220 valence electrons. The van der Waals surface area contributed by atoms with Crippen molar-refractivity contribution in [1.82, 2.24) is 9.55 Å². The minimum Gasteiger partial charge on any atom is -0.334 e. The van der Waals surface area contributed by atoms with Crippen molar-refractivity contribution in [3.05, 3.63) is 90.5 Å². The van der Waals surface area contributed by atoms with Gasteiger partial charge in [-0.2, -0.15) is 0 Å². The lowest BCUT2D eigenvalue weighted by atomic mass is 9.84. The molecular weight excluding hydrogens is 484 g/mol. The molecule has 0 fully saturated rings. The molecule has 2 heteroatoms. The van der Waals surface area contributed by atoms with Gasteiger partial charge in [-0.3, -0.25) is 0 Å². The number of imidazole rings is 1. The van der Waals surface area contributed by atoms with E-state index in [4.69, 9.17) is 0 Å². The molecule has 1 unspecified atom stereocenters. The Labute approximate surface area is 247 Å². The van der Waals surface area contributed by atoms with Gasteiger partial charge >= 0.3 is 0 Å². The average molecular weight is 543 g/mol. The van der Waals surface area contributed by atoms with Crippen molar-refractivity contribution >= 4 is 0 Å². The quantitative estimate of drug-likeness (QED) is 0.103. The molecule has 0 amide bonds. The van der Waals surface area contributed by atoms with Crippen LogP contribution in [-0.4, -0.2) is 9.55 Å². The maximum Gasteiger partial charge on any atom is 0.0948 e. The van der Waals surface area contributed by atoms with Gasteiger partial charge in [0, 0.05) is 18.4 Å². The molecule has 2 nitrogen and oxygen atoms in total. The van der Waals surface area contributed by atoms with Gasteiger partial charge in [-0.1, -0.05) is 177 Å². The lowest BCUT2D eigenvalue weighted by Crippen LogP contribution is -2.23. The fraction of sp³-hybridized carbons (Fsp3) is 0.605. The van der Waals surface area contributed by atoms with Gasteiger partial charge in [0.15, 0.2) is 0 Å². The zero-order valence-electron chi connectivity index (χ0n) is 25.7. The Morgan fingerprint density at radius 3 is 1.38 bits per heavy atom. The first-order valence-electron chi connectivity index (χ1n) is 16.9. The molecule has 1 aromatic heterocycles. The zero-order chi connectivity index (χ0) is 27.9. The summed E-state index contributed by atoms with van der Waals surface area (Å²) in [6.07, 6.45) is 33.8. The summed E-state index contributed by atoms with van der Waals surface area (Å²) < 4.78 is 2.39. The molecule has 0 aliphatic heterocycles. The summed E-state index contributed by atoms with van der Waals surface area (Å²) in [7, 11) is 0. The summed E-state index contributed by atoms with van der Waals surface area (Å²) >= 11 is 0. The number of nitrogens with zero attached hydrogens (tertiary/aromatic N) is 2. The second-order valence-electron chi connectivity index (χ2n) is 12.2. The molecule has 40 heavy (non-hydrogen) atoms. The topological polar surface area (TPSA) is 17.8 Å². The van der Waals surface area contributed by atoms with E-state index in [1.807, 2.05) is 12.5 Å². The predicted octanol–water partition coefficient (Wildman–Crippen LogP) is 11.6. The summed E-state index contributed by atoms with van der Waals surface area (Å²) in [5, 5.41) is 0. The number of benzene rings is 2. The number of hydrogen-bond donors (Lipinski definition) is 0. The number of rotatable bonds is 24. The Bertz CT molecular complexity index is 893. The molecule has 0 saturated heterocycles. The molecular formula is C38H58N2. The van der Waals surface area contributed by atoms with Crippen LogP contribution in [0.2, 0.25) is 0 Å². The first-order chi connectivity index (χ1) is 19.9. The zero-order valence-corrected chi connectivity index (χ0v) is 25.7.